The van der Waals surface area contributed by atoms with Crippen molar-refractivity contribution in [3.63, 3.8) is 0 Å². The van der Waals surface area contributed by atoms with E-state index in [0.717, 1.165) is 0 Å². The number of benzene rings is 1. The molecule has 0 aromatic heterocycles. The van der Waals surface area contributed by atoms with Crippen LogP contribution in [-0.4, -0.2) is 27.4 Å². The molecule has 1 aromatic carbocycles. The van der Waals surface area contributed by atoms with Gasteiger partial charge in [0.15, 0.2) is 6.10 Å². The standard InChI is InChI=1S/C10H10Cl2O4/c1-10(16,8(13)9(14)15)6-3-2-5(11)4-7(6)12/h2-4,8,13,16H,1H3,(H,14,15)/t8-,10+/m0/s1. The predicted molar refractivity (Wildman–Crippen MR) is 59.7 cm³/mol. The number of aliphatic hydroxyl groups excluding tert-OH is 1. The lowest BCUT2D eigenvalue weighted by Crippen LogP contribution is -2.42. The SMILES string of the molecule is C[C@@](O)(c1ccc(Cl)cc1Cl)[C@@H](O)C(=O)O. The number of rotatable bonds is 3. The van der Waals surface area contributed by atoms with Crippen molar-refractivity contribution in [2.24, 2.45) is 0 Å². The molecule has 1 rings (SSSR count). The van der Waals surface area contributed by atoms with E-state index in [-0.39, 0.29) is 10.6 Å². The summed E-state index contributed by atoms with van der Waals surface area (Å²) < 4.78 is 0. The number of carboxylic acids is 1. The Kier molecular flexibility index (Phi) is 3.80. The van der Waals surface area contributed by atoms with Gasteiger partial charge in [0.25, 0.3) is 0 Å². The molecule has 4 nitrogen and oxygen atoms in total. The molecule has 0 amide bonds. The van der Waals surface area contributed by atoms with Crippen molar-refractivity contribution in [3.05, 3.63) is 33.8 Å². The van der Waals surface area contributed by atoms with Crippen LogP contribution >= 0.6 is 23.2 Å². The Morgan fingerprint density at radius 1 is 1.44 bits per heavy atom. The zero-order valence-electron chi connectivity index (χ0n) is 8.32. The third-order valence-electron chi connectivity index (χ3n) is 2.24. The summed E-state index contributed by atoms with van der Waals surface area (Å²) in [4.78, 5) is 10.6. The maximum Gasteiger partial charge on any atom is 0.335 e. The van der Waals surface area contributed by atoms with Gasteiger partial charge >= 0.3 is 5.97 Å². The van der Waals surface area contributed by atoms with E-state index in [1.165, 1.54) is 25.1 Å². The molecule has 0 aliphatic rings. The second kappa shape index (κ2) is 4.59. The van der Waals surface area contributed by atoms with E-state index in [1.807, 2.05) is 0 Å². The van der Waals surface area contributed by atoms with Crippen molar-refractivity contribution in [2.45, 2.75) is 18.6 Å². The molecular weight excluding hydrogens is 255 g/mol. The Morgan fingerprint density at radius 2 is 2.00 bits per heavy atom. The Morgan fingerprint density at radius 3 is 2.44 bits per heavy atom. The number of carboxylic acid groups (broad SMARTS) is 1. The highest BCUT2D eigenvalue weighted by molar-refractivity contribution is 6.35. The average Bonchev–Trinajstić information content (AvgIpc) is 2.15. The van der Waals surface area contributed by atoms with Crippen LogP contribution in [0.25, 0.3) is 0 Å². The van der Waals surface area contributed by atoms with Crippen molar-refractivity contribution < 1.29 is 20.1 Å². The molecule has 0 spiro atoms. The van der Waals surface area contributed by atoms with Crippen LogP contribution in [0, 0.1) is 0 Å². The summed E-state index contributed by atoms with van der Waals surface area (Å²) in [7, 11) is 0. The van der Waals surface area contributed by atoms with E-state index in [0.29, 0.717) is 5.02 Å². The van der Waals surface area contributed by atoms with E-state index in [1.54, 1.807) is 0 Å². The Hall–Kier alpha value is -0.810. The molecule has 0 radical (unpaired) electrons. The van der Waals surface area contributed by atoms with Gasteiger partial charge < -0.3 is 15.3 Å². The molecule has 16 heavy (non-hydrogen) atoms. The fourth-order valence-corrected chi connectivity index (χ4v) is 1.89. The van der Waals surface area contributed by atoms with Gasteiger partial charge in [-0.3, -0.25) is 0 Å². The van der Waals surface area contributed by atoms with Crippen LogP contribution in [0.1, 0.15) is 12.5 Å². The molecule has 0 saturated carbocycles. The molecule has 0 heterocycles. The van der Waals surface area contributed by atoms with Crippen LogP contribution in [0.15, 0.2) is 18.2 Å². The maximum absolute atomic E-state index is 10.6. The number of halogens is 2. The van der Waals surface area contributed by atoms with Crippen molar-refractivity contribution in [3.8, 4) is 0 Å². The van der Waals surface area contributed by atoms with Crippen molar-refractivity contribution in [1.82, 2.24) is 0 Å². The van der Waals surface area contributed by atoms with E-state index in [4.69, 9.17) is 28.3 Å². The molecule has 6 heteroatoms. The van der Waals surface area contributed by atoms with E-state index >= 15 is 0 Å². The molecule has 3 N–H and O–H groups in total. The minimum absolute atomic E-state index is 0.0952. The van der Waals surface area contributed by atoms with Gasteiger partial charge in [0.2, 0.25) is 0 Å². The molecule has 0 bridgehead atoms. The van der Waals surface area contributed by atoms with Gasteiger partial charge in [-0.25, -0.2) is 4.79 Å². The summed E-state index contributed by atoms with van der Waals surface area (Å²) in [6.07, 6.45) is -1.97. The van der Waals surface area contributed by atoms with Crippen LogP contribution in [0.4, 0.5) is 0 Å². The first-order valence-corrected chi connectivity index (χ1v) is 5.11. The zero-order valence-corrected chi connectivity index (χ0v) is 9.83. The molecule has 2 atom stereocenters. The molecule has 88 valence electrons. The second-order valence-electron chi connectivity index (χ2n) is 3.51. The van der Waals surface area contributed by atoms with Crippen LogP contribution in [0.2, 0.25) is 10.0 Å². The number of hydrogen-bond donors (Lipinski definition) is 3. The summed E-state index contributed by atoms with van der Waals surface area (Å²) in [6.45, 7) is 1.17. The third kappa shape index (κ3) is 2.47. The largest absolute Gasteiger partial charge is 0.479 e. The summed E-state index contributed by atoms with van der Waals surface area (Å²) >= 11 is 11.5. The first kappa shape index (κ1) is 13.3. The molecule has 0 unspecified atom stereocenters. The van der Waals surface area contributed by atoms with E-state index in [9.17, 15) is 15.0 Å². The number of carbonyl (C=O) groups is 1. The molecule has 0 fully saturated rings. The summed E-state index contributed by atoms with van der Waals surface area (Å²) in [5, 5.41) is 28.4. The normalized spacial score (nSPS) is 16.6. The van der Waals surface area contributed by atoms with Crippen LogP contribution in [-0.2, 0) is 10.4 Å². The van der Waals surface area contributed by atoms with Crippen LogP contribution in [0.5, 0.6) is 0 Å². The topological polar surface area (TPSA) is 77.8 Å². The fourth-order valence-electron chi connectivity index (χ4n) is 1.29. The summed E-state index contributed by atoms with van der Waals surface area (Å²) in [6, 6.07) is 4.18. The van der Waals surface area contributed by atoms with Gasteiger partial charge in [0.05, 0.1) is 0 Å². The quantitative estimate of drug-likeness (QED) is 0.776. The molecule has 0 aliphatic carbocycles. The van der Waals surface area contributed by atoms with Gasteiger partial charge in [-0.05, 0) is 19.1 Å². The highest BCUT2D eigenvalue weighted by Gasteiger charge is 2.39. The molecule has 0 saturated heterocycles. The van der Waals surface area contributed by atoms with Gasteiger partial charge in [-0.15, -0.1) is 0 Å². The monoisotopic (exact) mass is 264 g/mol. The minimum Gasteiger partial charge on any atom is -0.479 e. The summed E-state index contributed by atoms with van der Waals surface area (Å²) in [5.74, 6) is -1.53. The zero-order chi connectivity index (χ0) is 12.5. The highest BCUT2D eigenvalue weighted by atomic mass is 35.5. The minimum atomic E-state index is -1.98. The van der Waals surface area contributed by atoms with E-state index < -0.39 is 17.7 Å². The Bertz CT molecular complexity index is 417. The highest BCUT2D eigenvalue weighted by Crippen LogP contribution is 2.32. The first-order chi connectivity index (χ1) is 7.26. The number of aliphatic carboxylic acids is 1. The molecule has 1 aromatic rings. The lowest BCUT2D eigenvalue weighted by Gasteiger charge is -2.27. The Balaban J connectivity index is 3.21. The predicted octanol–water partition coefficient (Wildman–Crippen LogP) is 1.65. The lowest BCUT2D eigenvalue weighted by atomic mass is 9.90. The molecular formula is C10H10Cl2O4. The van der Waals surface area contributed by atoms with E-state index in [2.05, 4.69) is 0 Å². The lowest BCUT2D eigenvalue weighted by molar-refractivity contribution is -0.162. The van der Waals surface area contributed by atoms with Crippen LogP contribution in [0.3, 0.4) is 0 Å². The maximum atomic E-state index is 10.6. The van der Waals surface area contributed by atoms with Gasteiger partial charge in [-0.2, -0.15) is 0 Å². The summed E-state index contributed by atoms with van der Waals surface area (Å²) in [5.41, 5.74) is -1.87. The third-order valence-corrected chi connectivity index (χ3v) is 2.79. The van der Waals surface area contributed by atoms with Gasteiger partial charge in [0, 0.05) is 15.6 Å². The van der Waals surface area contributed by atoms with Crippen molar-refractivity contribution >= 4 is 29.2 Å². The van der Waals surface area contributed by atoms with Crippen LogP contribution < -0.4 is 0 Å². The van der Waals surface area contributed by atoms with Gasteiger partial charge in [0.1, 0.15) is 5.60 Å². The smallest absolute Gasteiger partial charge is 0.335 e. The van der Waals surface area contributed by atoms with Gasteiger partial charge in [-0.1, -0.05) is 29.3 Å². The number of aliphatic hydroxyl groups is 2. The Labute approximate surface area is 102 Å². The average molecular weight is 265 g/mol. The number of hydrogen-bond acceptors (Lipinski definition) is 3. The first-order valence-electron chi connectivity index (χ1n) is 4.35. The van der Waals surface area contributed by atoms with Crippen molar-refractivity contribution in [1.29, 1.82) is 0 Å². The second-order valence-corrected chi connectivity index (χ2v) is 4.36. The van der Waals surface area contributed by atoms with Crippen molar-refractivity contribution in [2.75, 3.05) is 0 Å². The molecule has 0 aliphatic heterocycles. The fraction of sp³-hybridized carbons (Fsp3) is 0.300.